The van der Waals surface area contributed by atoms with E-state index >= 15 is 0 Å². The number of benzene rings is 2. The van der Waals surface area contributed by atoms with Gasteiger partial charge in [-0.1, -0.05) is 48.5 Å². The molecule has 1 saturated heterocycles. The quantitative estimate of drug-likeness (QED) is 0.900. The average Bonchev–Trinajstić information content (AvgIpc) is 2.50. The Morgan fingerprint density at radius 2 is 1.53 bits per heavy atom. The summed E-state index contributed by atoms with van der Waals surface area (Å²) < 4.78 is 6.32. The largest absolute Gasteiger partial charge is 0.469 e. The summed E-state index contributed by atoms with van der Waals surface area (Å²) in [6.07, 6.45) is 3.41. The Bertz CT molecular complexity index is 503. The zero-order chi connectivity index (χ0) is 13.0. The topological polar surface area (TPSA) is 21.3 Å². The van der Waals surface area contributed by atoms with Gasteiger partial charge in [0, 0.05) is 12.0 Å². The number of hydrogen-bond donors (Lipinski definition) is 1. The number of hydrogen-bond acceptors (Lipinski definition) is 2. The summed E-state index contributed by atoms with van der Waals surface area (Å²) in [4.78, 5) is 0. The van der Waals surface area contributed by atoms with E-state index in [9.17, 15) is 0 Å². The fourth-order valence-corrected chi connectivity index (χ4v) is 2.67. The maximum absolute atomic E-state index is 6.32. The van der Waals surface area contributed by atoms with Crippen molar-refractivity contribution in [2.24, 2.45) is 0 Å². The molecule has 1 N–H and O–H groups in total. The first kappa shape index (κ1) is 12.2. The summed E-state index contributed by atoms with van der Waals surface area (Å²) in [6.45, 7) is 1.00. The lowest BCUT2D eigenvalue weighted by Gasteiger charge is -2.39. The van der Waals surface area contributed by atoms with Gasteiger partial charge in [0.1, 0.15) is 5.75 Å². The van der Waals surface area contributed by atoms with Crippen LogP contribution < -0.4 is 10.1 Å². The minimum Gasteiger partial charge on any atom is -0.469 e. The monoisotopic (exact) mass is 253 g/mol. The van der Waals surface area contributed by atoms with Crippen LogP contribution in [0.15, 0.2) is 60.7 Å². The van der Waals surface area contributed by atoms with Gasteiger partial charge < -0.3 is 4.74 Å². The van der Waals surface area contributed by atoms with Crippen LogP contribution in [-0.4, -0.2) is 6.54 Å². The molecule has 0 aromatic heterocycles. The number of para-hydroxylation sites is 1. The van der Waals surface area contributed by atoms with Gasteiger partial charge in [-0.3, -0.25) is 5.32 Å². The standard InChI is InChI=1S/C17H19NO/c1-3-9-15(10-4-1)17(13-7-8-14-18-17)19-16-11-5-2-6-12-16/h1-6,9-12,18H,7-8,13-14H2. The third-order valence-corrected chi connectivity index (χ3v) is 3.64. The molecule has 0 saturated carbocycles. The molecule has 1 heterocycles. The van der Waals surface area contributed by atoms with E-state index in [-0.39, 0.29) is 5.72 Å². The molecule has 2 nitrogen and oxygen atoms in total. The van der Waals surface area contributed by atoms with Gasteiger partial charge in [-0.25, -0.2) is 0 Å². The highest BCUT2D eigenvalue weighted by Crippen LogP contribution is 2.33. The molecule has 2 heteroatoms. The van der Waals surface area contributed by atoms with Gasteiger partial charge in [-0.15, -0.1) is 0 Å². The van der Waals surface area contributed by atoms with E-state index in [2.05, 4.69) is 29.6 Å². The van der Waals surface area contributed by atoms with Crippen LogP contribution in [0.1, 0.15) is 24.8 Å². The first-order valence-corrected chi connectivity index (χ1v) is 6.94. The third kappa shape index (κ3) is 2.64. The molecule has 0 amide bonds. The van der Waals surface area contributed by atoms with Gasteiger partial charge in [0.25, 0.3) is 0 Å². The van der Waals surface area contributed by atoms with E-state index in [1.165, 1.54) is 18.4 Å². The van der Waals surface area contributed by atoms with Gasteiger partial charge >= 0.3 is 0 Å². The molecule has 0 bridgehead atoms. The maximum atomic E-state index is 6.32. The van der Waals surface area contributed by atoms with Gasteiger partial charge in [-0.05, 0) is 31.5 Å². The van der Waals surface area contributed by atoms with E-state index in [0.29, 0.717) is 0 Å². The molecule has 1 fully saturated rings. The first-order chi connectivity index (χ1) is 9.39. The summed E-state index contributed by atoms with van der Waals surface area (Å²) in [5.41, 5.74) is 0.833. The molecule has 1 unspecified atom stereocenters. The lowest BCUT2D eigenvalue weighted by molar-refractivity contribution is 0.00258. The van der Waals surface area contributed by atoms with Crippen molar-refractivity contribution in [1.82, 2.24) is 5.32 Å². The van der Waals surface area contributed by atoms with E-state index in [0.717, 1.165) is 18.7 Å². The second kappa shape index (κ2) is 5.45. The Morgan fingerprint density at radius 1 is 0.842 bits per heavy atom. The summed E-state index contributed by atoms with van der Waals surface area (Å²) in [7, 11) is 0. The lowest BCUT2D eigenvalue weighted by atomic mass is 9.93. The summed E-state index contributed by atoms with van der Waals surface area (Å²) in [5.74, 6) is 0.917. The summed E-state index contributed by atoms with van der Waals surface area (Å²) in [5, 5.41) is 3.58. The average molecular weight is 253 g/mol. The highest BCUT2D eigenvalue weighted by atomic mass is 16.5. The van der Waals surface area contributed by atoms with Crippen molar-refractivity contribution in [3.05, 3.63) is 66.2 Å². The minimum absolute atomic E-state index is 0.374. The molecule has 2 aromatic rings. The van der Waals surface area contributed by atoms with Crippen LogP contribution in [0.2, 0.25) is 0 Å². The smallest absolute Gasteiger partial charge is 0.187 e. The fourth-order valence-electron chi connectivity index (χ4n) is 2.67. The van der Waals surface area contributed by atoms with Crippen molar-refractivity contribution >= 4 is 0 Å². The molecule has 3 rings (SSSR count). The van der Waals surface area contributed by atoms with Crippen LogP contribution in [-0.2, 0) is 5.72 Å². The summed E-state index contributed by atoms with van der Waals surface area (Å²) >= 11 is 0. The Hall–Kier alpha value is -1.80. The van der Waals surface area contributed by atoms with Crippen LogP contribution in [0.3, 0.4) is 0 Å². The van der Waals surface area contributed by atoms with Crippen molar-refractivity contribution in [1.29, 1.82) is 0 Å². The Labute approximate surface area is 114 Å². The Morgan fingerprint density at radius 3 is 2.16 bits per heavy atom. The predicted molar refractivity (Wildman–Crippen MR) is 77.0 cm³/mol. The van der Waals surface area contributed by atoms with Gasteiger partial charge in [0.2, 0.25) is 0 Å². The minimum atomic E-state index is -0.374. The molecule has 2 aromatic carbocycles. The number of rotatable bonds is 3. The zero-order valence-corrected chi connectivity index (χ0v) is 11.0. The molecular formula is C17H19NO. The maximum Gasteiger partial charge on any atom is 0.187 e. The molecule has 19 heavy (non-hydrogen) atoms. The van der Waals surface area contributed by atoms with Gasteiger partial charge in [0.05, 0.1) is 0 Å². The van der Waals surface area contributed by atoms with Crippen LogP contribution in [0.5, 0.6) is 5.75 Å². The third-order valence-electron chi connectivity index (χ3n) is 3.64. The number of nitrogens with one attached hydrogen (secondary N) is 1. The molecule has 1 atom stereocenters. The second-order valence-corrected chi connectivity index (χ2v) is 4.99. The van der Waals surface area contributed by atoms with Crippen LogP contribution in [0.25, 0.3) is 0 Å². The van der Waals surface area contributed by atoms with Crippen molar-refractivity contribution < 1.29 is 4.74 Å². The van der Waals surface area contributed by atoms with Crippen LogP contribution in [0, 0.1) is 0 Å². The zero-order valence-electron chi connectivity index (χ0n) is 11.0. The Kier molecular flexibility index (Phi) is 3.51. The number of piperidine rings is 1. The molecule has 0 aliphatic carbocycles. The molecule has 1 aliphatic heterocycles. The van der Waals surface area contributed by atoms with E-state index in [4.69, 9.17) is 4.74 Å². The molecule has 1 aliphatic rings. The van der Waals surface area contributed by atoms with E-state index < -0.39 is 0 Å². The SMILES string of the molecule is c1ccc(OC2(c3ccccc3)CCCCN2)cc1. The molecule has 0 spiro atoms. The highest BCUT2D eigenvalue weighted by molar-refractivity contribution is 5.27. The van der Waals surface area contributed by atoms with E-state index in [1.54, 1.807) is 0 Å². The van der Waals surface area contributed by atoms with E-state index in [1.807, 2.05) is 36.4 Å². The van der Waals surface area contributed by atoms with Crippen molar-refractivity contribution in [2.45, 2.75) is 25.0 Å². The first-order valence-electron chi connectivity index (χ1n) is 6.94. The molecule has 0 radical (unpaired) electrons. The highest BCUT2D eigenvalue weighted by Gasteiger charge is 2.35. The predicted octanol–water partition coefficient (Wildman–Crippen LogP) is 3.69. The summed E-state index contributed by atoms with van der Waals surface area (Å²) in [6, 6.07) is 20.5. The van der Waals surface area contributed by atoms with Crippen LogP contribution >= 0.6 is 0 Å². The van der Waals surface area contributed by atoms with Crippen molar-refractivity contribution in [2.75, 3.05) is 6.54 Å². The Balaban J connectivity index is 1.93. The van der Waals surface area contributed by atoms with Crippen molar-refractivity contribution in [3.8, 4) is 5.75 Å². The molecule has 98 valence electrons. The second-order valence-electron chi connectivity index (χ2n) is 4.99. The van der Waals surface area contributed by atoms with Crippen LogP contribution in [0.4, 0.5) is 0 Å². The van der Waals surface area contributed by atoms with Gasteiger partial charge in [0.15, 0.2) is 5.72 Å². The molecular weight excluding hydrogens is 234 g/mol. The number of ether oxygens (including phenoxy) is 1. The normalized spacial score (nSPS) is 22.9. The fraction of sp³-hybridized carbons (Fsp3) is 0.294. The van der Waals surface area contributed by atoms with Gasteiger partial charge in [-0.2, -0.15) is 0 Å². The van der Waals surface area contributed by atoms with Crippen molar-refractivity contribution in [3.63, 3.8) is 0 Å². The lowest BCUT2D eigenvalue weighted by Crippen LogP contribution is -2.50.